The second-order valence-corrected chi connectivity index (χ2v) is 6.92. The normalized spacial score (nSPS) is 19.1. The van der Waals surface area contributed by atoms with Crippen LogP contribution in [0.5, 0.6) is 0 Å². The Labute approximate surface area is 143 Å². The van der Waals surface area contributed by atoms with E-state index in [1.54, 1.807) is 13.8 Å². The van der Waals surface area contributed by atoms with Crippen molar-refractivity contribution in [2.45, 2.75) is 57.6 Å². The molecular formula is C19H28N2O3. The van der Waals surface area contributed by atoms with Gasteiger partial charge in [0.2, 0.25) is 11.8 Å². The molecule has 0 radical (unpaired) electrons. The van der Waals surface area contributed by atoms with E-state index in [4.69, 9.17) is 0 Å². The molecule has 0 heterocycles. The topological polar surface area (TPSA) is 78.4 Å². The lowest BCUT2D eigenvalue weighted by molar-refractivity contribution is -0.131. The summed E-state index contributed by atoms with van der Waals surface area (Å²) in [6, 6.07) is 8.60. The third-order valence-corrected chi connectivity index (χ3v) is 4.73. The van der Waals surface area contributed by atoms with Crippen molar-refractivity contribution in [2.24, 2.45) is 5.92 Å². The van der Waals surface area contributed by atoms with E-state index in [9.17, 15) is 14.7 Å². The maximum atomic E-state index is 12.2. The molecule has 2 atom stereocenters. The SMILES string of the molecule is CC(NC(=O)C1CCCCC1)C(=O)NCC(C)(O)c1ccccc1. The van der Waals surface area contributed by atoms with Crippen LogP contribution in [0.2, 0.25) is 0 Å². The molecule has 0 spiro atoms. The van der Waals surface area contributed by atoms with E-state index in [-0.39, 0.29) is 24.3 Å². The zero-order valence-electron chi connectivity index (χ0n) is 14.5. The van der Waals surface area contributed by atoms with Crippen LogP contribution in [0, 0.1) is 5.92 Å². The Hall–Kier alpha value is -1.88. The number of benzene rings is 1. The molecule has 5 heteroatoms. The van der Waals surface area contributed by atoms with Crippen molar-refractivity contribution in [1.29, 1.82) is 0 Å². The van der Waals surface area contributed by atoms with E-state index in [0.717, 1.165) is 31.2 Å². The summed E-state index contributed by atoms with van der Waals surface area (Å²) in [6.45, 7) is 3.43. The van der Waals surface area contributed by atoms with E-state index < -0.39 is 11.6 Å². The molecule has 3 N–H and O–H groups in total. The molecule has 132 valence electrons. The summed E-state index contributed by atoms with van der Waals surface area (Å²) < 4.78 is 0. The molecule has 0 aliphatic heterocycles. The van der Waals surface area contributed by atoms with E-state index >= 15 is 0 Å². The van der Waals surface area contributed by atoms with E-state index in [2.05, 4.69) is 10.6 Å². The Morgan fingerprint density at radius 3 is 2.46 bits per heavy atom. The first kappa shape index (κ1) is 18.5. The van der Waals surface area contributed by atoms with Gasteiger partial charge in [-0.2, -0.15) is 0 Å². The Bertz CT molecular complexity index is 551. The van der Waals surface area contributed by atoms with Gasteiger partial charge in [-0.15, -0.1) is 0 Å². The summed E-state index contributed by atoms with van der Waals surface area (Å²) in [5.41, 5.74) is -0.409. The van der Waals surface area contributed by atoms with Crippen molar-refractivity contribution in [3.05, 3.63) is 35.9 Å². The summed E-state index contributed by atoms with van der Waals surface area (Å²) in [5, 5.41) is 16.0. The van der Waals surface area contributed by atoms with Crippen LogP contribution in [0.4, 0.5) is 0 Å². The van der Waals surface area contributed by atoms with E-state index in [1.165, 1.54) is 6.42 Å². The molecule has 1 aromatic carbocycles. The maximum Gasteiger partial charge on any atom is 0.242 e. The predicted octanol–water partition coefficient (Wildman–Crippen LogP) is 2.10. The molecule has 1 aromatic rings. The predicted molar refractivity (Wildman–Crippen MR) is 93.2 cm³/mol. The number of rotatable bonds is 6. The molecule has 1 aliphatic rings. The summed E-state index contributed by atoms with van der Waals surface area (Å²) in [7, 11) is 0. The summed E-state index contributed by atoms with van der Waals surface area (Å²) in [5.74, 6) is -0.288. The first-order valence-electron chi connectivity index (χ1n) is 8.76. The fourth-order valence-electron chi connectivity index (χ4n) is 3.07. The van der Waals surface area contributed by atoms with Gasteiger partial charge in [0, 0.05) is 5.92 Å². The highest BCUT2D eigenvalue weighted by Gasteiger charge is 2.27. The van der Waals surface area contributed by atoms with Crippen LogP contribution >= 0.6 is 0 Å². The monoisotopic (exact) mass is 332 g/mol. The zero-order valence-corrected chi connectivity index (χ0v) is 14.5. The van der Waals surface area contributed by atoms with Gasteiger partial charge in [0.15, 0.2) is 0 Å². The van der Waals surface area contributed by atoms with Crippen LogP contribution in [-0.4, -0.2) is 29.5 Å². The van der Waals surface area contributed by atoms with Gasteiger partial charge in [0.1, 0.15) is 11.6 Å². The second kappa shape index (κ2) is 8.29. The maximum absolute atomic E-state index is 12.2. The zero-order chi connectivity index (χ0) is 17.6. The lowest BCUT2D eigenvalue weighted by atomic mass is 9.88. The summed E-state index contributed by atoms with van der Waals surface area (Å²) >= 11 is 0. The smallest absolute Gasteiger partial charge is 0.242 e. The number of aliphatic hydroxyl groups is 1. The van der Waals surface area contributed by atoms with Crippen LogP contribution < -0.4 is 10.6 Å². The van der Waals surface area contributed by atoms with Crippen molar-refractivity contribution in [3.8, 4) is 0 Å². The molecule has 0 aromatic heterocycles. The van der Waals surface area contributed by atoms with Gasteiger partial charge in [0.25, 0.3) is 0 Å². The minimum Gasteiger partial charge on any atom is -0.384 e. The molecule has 5 nitrogen and oxygen atoms in total. The number of hydrogen-bond acceptors (Lipinski definition) is 3. The summed E-state index contributed by atoms with van der Waals surface area (Å²) in [4.78, 5) is 24.4. The fraction of sp³-hybridized carbons (Fsp3) is 0.579. The molecule has 0 bridgehead atoms. The average Bonchev–Trinajstić information content (AvgIpc) is 2.61. The lowest BCUT2D eigenvalue weighted by Crippen LogP contribution is -2.49. The second-order valence-electron chi connectivity index (χ2n) is 6.92. The molecule has 1 aliphatic carbocycles. The average molecular weight is 332 g/mol. The minimum atomic E-state index is -1.15. The Morgan fingerprint density at radius 1 is 1.21 bits per heavy atom. The number of nitrogens with one attached hydrogen (secondary N) is 2. The van der Waals surface area contributed by atoms with Gasteiger partial charge in [-0.05, 0) is 32.3 Å². The highest BCUT2D eigenvalue weighted by atomic mass is 16.3. The quantitative estimate of drug-likeness (QED) is 0.746. The van der Waals surface area contributed by atoms with Crippen LogP contribution in [0.1, 0.15) is 51.5 Å². The number of amides is 2. The fourth-order valence-corrected chi connectivity index (χ4v) is 3.07. The van der Waals surface area contributed by atoms with Gasteiger partial charge in [-0.25, -0.2) is 0 Å². The Balaban J connectivity index is 1.82. The molecule has 1 fully saturated rings. The number of hydrogen-bond donors (Lipinski definition) is 3. The van der Waals surface area contributed by atoms with Crippen molar-refractivity contribution < 1.29 is 14.7 Å². The van der Waals surface area contributed by atoms with Crippen LogP contribution in [0.3, 0.4) is 0 Å². The summed E-state index contributed by atoms with van der Waals surface area (Å²) in [6.07, 6.45) is 5.16. The molecule has 24 heavy (non-hydrogen) atoms. The van der Waals surface area contributed by atoms with Crippen LogP contribution in [-0.2, 0) is 15.2 Å². The van der Waals surface area contributed by atoms with Gasteiger partial charge in [0.05, 0.1) is 6.54 Å². The van der Waals surface area contributed by atoms with E-state index in [1.807, 2.05) is 30.3 Å². The van der Waals surface area contributed by atoms with Gasteiger partial charge < -0.3 is 15.7 Å². The molecule has 1 saturated carbocycles. The molecule has 2 rings (SSSR count). The first-order valence-corrected chi connectivity index (χ1v) is 8.76. The lowest BCUT2D eigenvalue weighted by Gasteiger charge is -2.26. The molecule has 2 unspecified atom stereocenters. The minimum absolute atomic E-state index is 0.0291. The van der Waals surface area contributed by atoms with Gasteiger partial charge >= 0.3 is 0 Å². The Kier molecular flexibility index (Phi) is 6.37. The van der Waals surface area contributed by atoms with Crippen LogP contribution in [0.25, 0.3) is 0 Å². The Morgan fingerprint density at radius 2 is 1.83 bits per heavy atom. The standard InChI is InChI=1S/C19H28N2O3/c1-14(21-18(23)15-9-5-3-6-10-15)17(22)20-13-19(2,24)16-11-7-4-8-12-16/h4,7-8,11-12,14-15,24H,3,5-6,9-10,13H2,1-2H3,(H,20,22)(H,21,23). The molecular weight excluding hydrogens is 304 g/mol. The van der Waals surface area contributed by atoms with Crippen molar-refractivity contribution in [3.63, 3.8) is 0 Å². The number of carbonyl (C=O) groups excluding carboxylic acids is 2. The van der Waals surface area contributed by atoms with Crippen molar-refractivity contribution in [1.82, 2.24) is 10.6 Å². The van der Waals surface area contributed by atoms with Gasteiger partial charge in [-0.3, -0.25) is 9.59 Å². The first-order chi connectivity index (χ1) is 11.4. The molecule has 2 amide bonds. The molecule has 0 saturated heterocycles. The van der Waals surface area contributed by atoms with Gasteiger partial charge in [-0.1, -0.05) is 49.6 Å². The highest BCUT2D eigenvalue weighted by Crippen LogP contribution is 2.23. The third-order valence-electron chi connectivity index (χ3n) is 4.73. The highest BCUT2D eigenvalue weighted by molar-refractivity contribution is 5.88. The largest absolute Gasteiger partial charge is 0.384 e. The van der Waals surface area contributed by atoms with E-state index in [0.29, 0.717) is 0 Å². The number of carbonyl (C=O) groups is 2. The van der Waals surface area contributed by atoms with Crippen LogP contribution in [0.15, 0.2) is 30.3 Å². The third kappa shape index (κ3) is 5.06. The van der Waals surface area contributed by atoms with Crippen molar-refractivity contribution in [2.75, 3.05) is 6.54 Å². The van der Waals surface area contributed by atoms with Crippen molar-refractivity contribution >= 4 is 11.8 Å².